The Morgan fingerprint density at radius 3 is 2.61 bits per heavy atom. The minimum absolute atomic E-state index is 0.0885. The fourth-order valence-electron chi connectivity index (χ4n) is 3.00. The summed E-state index contributed by atoms with van der Waals surface area (Å²) in [6, 6.07) is 13.7. The molecule has 0 aliphatic heterocycles. The molecule has 0 spiro atoms. The van der Waals surface area contributed by atoms with Crippen molar-refractivity contribution in [2.75, 3.05) is 20.2 Å². The summed E-state index contributed by atoms with van der Waals surface area (Å²) >= 11 is 6.19. The molecule has 2 aromatic carbocycles. The highest BCUT2D eigenvalue weighted by atomic mass is 35.5. The molecule has 1 heterocycles. The third kappa shape index (κ3) is 5.14. The number of carbonyl (C=O) groups is 1. The predicted octanol–water partition coefficient (Wildman–Crippen LogP) is 4.35. The van der Waals surface area contributed by atoms with Gasteiger partial charge in [0.25, 0.3) is 5.91 Å². The van der Waals surface area contributed by atoms with Crippen LogP contribution in [0.1, 0.15) is 27.0 Å². The van der Waals surface area contributed by atoms with Crippen molar-refractivity contribution in [2.45, 2.75) is 20.4 Å². The summed E-state index contributed by atoms with van der Waals surface area (Å²) < 4.78 is 7.51. The predicted molar refractivity (Wildman–Crippen MR) is 111 cm³/mol. The SMILES string of the molecule is Cc1cc(C)cc(OCCN(C)C(=O)c2cnn(Cc3ccccc3Cl)c2)c1. The van der Waals surface area contributed by atoms with Crippen molar-refractivity contribution in [3.05, 3.63) is 82.1 Å². The number of benzene rings is 2. The number of ether oxygens (including phenoxy) is 1. The molecule has 1 amide bonds. The van der Waals surface area contributed by atoms with Gasteiger partial charge in [0.2, 0.25) is 0 Å². The number of hydrogen-bond acceptors (Lipinski definition) is 3. The number of hydrogen-bond donors (Lipinski definition) is 0. The van der Waals surface area contributed by atoms with Crippen molar-refractivity contribution < 1.29 is 9.53 Å². The number of rotatable bonds is 7. The highest BCUT2D eigenvalue weighted by molar-refractivity contribution is 6.31. The lowest BCUT2D eigenvalue weighted by molar-refractivity contribution is 0.0773. The monoisotopic (exact) mass is 397 g/mol. The minimum atomic E-state index is -0.0885. The van der Waals surface area contributed by atoms with Crippen molar-refractivity contribution in [1.29, 1.82) is 0 Å². The molecule has 0 bridgehead atoms. The summed E-state index contributed by atoms with van der Waals surface area (Å²) in [4.78, 5) is 14.3. The molecule has 146 valence electrons. The van der Waals surface area contributed by atoms with Crippen LogP contribution in [0, 0.1) is 13.8 Å². The van der Waals surface area contributed by atoms with E-state index in [9.17, 15) is 4.79 Å². The van der Waals surface area contributed by atoms with Gasteiger partial charge in [-0.2, -0.15) is 5.10 Å². The summed E-state index contributed by atoms with van der Waals surface area (Å²) in [7, 11) is 1.76. The van der Waals surface area contributed by atoms with E-state index in [4.69, 9.17) is 16.3 Å². The molecule has 3 aromatic rings. The van der Waals surface area contributed by atoms with E-state index in [1.807, 2.05) is 50.2 Å². The molecule has 3 rings (SSSR count). The number of halogens is 1. The van der Waals surface area contributed by atoms with E-state index in [0.717, 1.165) is 22.4 Å². The second kappa shape index (κ2) is 8.93. The number of aryl methyl sites for hydroxylation is 2. The third-order valence-corrected chi connectivity index (χ3v) is 4.78. The first kappa shape index (κ1) is 20.0. The topological polar surface area (TPSA) is 47.4 Å². The fourth-order valence-corrected chi connectivity index (χ4v) is 3.20. The maximum atomic E-state index is 12.6. The Bertz CT molecular complexity index is 948. The van der Waals surface area contributed by atoms with Gasteiger partial charge in [-0.1, -0.05) is 35.9 Å². The molecule has 0 saturated heterocycles. The van der Waals surface area contributed by atoms with E-state index in [2.05, 4.69) is 11.2 Å². The molecule has 0 N–H and O–H groups in total. The van der Waals surface area contributed by atoms with Crippen LogP contribution in [0.2, 0.25) is 5.02 Å². The highest BCUT2D eigenvalue weighted by Crippen LogP contribution is 2.17. The molecule has 0 aliphatic carbocycles. The first-order chi connectivity index (χ1) is 13.4. The van der Waals surface area contributed by atoms with Gasteiger partial charge in [0.05, 0.1) is 24.8 Å². The van der Waals surface area contributed by atoms with Gasteiger partial charge in [0.15, 0.2) is 0 Å². The largest absolute Gasteiger partial charge is 0.492 e. The Morgan fingerprint density at radius 2 is 1.89 bits per heavy atom. The van der Waals surface area contributed by atoms with Crippen molar-refractivity contribution in [2.24, 2.45) is 0 Å². The molecule has 0 saturated carbocycles. The van der Waals surface area contributed by atoms with Crippen molar-refractivity contribution in [3.63, 3.8) is 0 Å². The van der Waals surface area contributed by atoms with Crippen LogP contribution in [0.15, 0.2) is 54.9 Å². The third-order valence-electron chi connectivity index (χ3n) is 4.41. The van der Waals surface area contributed by atoms with E-state index >= 15 is 0 Å². The molecule has 0 unspecified atom stereocenters. The Balaban J connectivity index is 1.55. The van der Waals surface area contributed by atoms with Crippen LogP contribution in [0.3, 0.4) is 0 Å². The summed E-state index contributed by atoms with van der Waals surface area (Å²) in [6.07, 6.45) is 3.33. The Hall–Kier alpha value is -2.79. The quantitative estimate of drug-likeness (QED) is 0.595. The van der Waals surface area contributed by atoms with Crippen LogP contribution in [0.5, 0.6) is 5.75 Å². The van der Waals surface area contributed by atoms with Gasteiger partial charge in [-0.05, 0) is 48.7 Å². The van der Waals surface area contributed by atoms with Gasteiger partial charge >= 0.3 is 0 Å². The minimum Gasteiger partial charge on any atom is -0.492 e. The normalized spacial score (nSPS) is 10.7. The fraction of sp³-hybridized carbons (Fsp3) is 0.273. The Labute approximate surface area is 170 Å². The average Bonchev–Trinajstić information content (AvgIpc) is 3.10. The first-order valence-corrected chi connectivity index (χ1v) is 9.52. The van der Waals surface area contributed by atoms with E-state index in [0.29, 0.717) is 30.3 Å². The molecule has 0 atom stereocenters. The van der Waals surface area contributed by atoms with E-state index in [-0.39, 0.29) is 5.91 Å². The first-order valence-electron chi connectivity index (χ1n) is 9.15. The van der Waals surface area contributed by atoms with Crippen molar-refractivity contribution in [3.8, 4) is 5.75 Å². The highest BCUT2D eigenvalue weighted by Gasteiger charge is 2.14. The lowest BCUT2D eigenvalue weighted by Gasteiger charge is -2.17. The molecule has 5 nitrogen and oxygen atoms in total. The van der Waals surface area contributed by atoms with Gasteiger partial charge < -0.3 is 9.64 Å². The number of likely N-dealkylation sites (N-methyl/N-ethyl adjacent to an activating group) is 1. The molecule has 1 aromatic heterocycles. The second-order valence-corrected chi connectivity index (χ2v) is 7.32. The summed E-state index contributed by atoms with van der Waals surface area (Å²) in [5.41, 5.74) is 3.82. The van der Waals surface area contributed by atoms with Gasteiger partial charge in [-0.3, -0.25) is 9.48 Å². The Morgan fingerprint density at radius 1 is 1.18 bits per heavy atom. The molecule has 6 heteroatoms. The molecule has 28 heavy (non-hydrogen) atoms. The maximum Gasteiger partial charge on any atom is 0.256 e. The number of aromatic nitrogens is 2. The van der Waals surface area contributed by atoms with Crippen LogP contribution < -0.4 is 4.74 Å². The molecule has 0 fully saturated rings. The zero-order valence-electron chi connectivity index (χ0n) is 16.4. The van der Waals surface area contributed by atoms with E-state index < -0.39 is 0 Å². The number of nitrogens with zero attached hydrogens (tertiary/aromatic N) is 3. The smallest absolute Gasteiger partial charge is 0.256 e. The van der Waals surface area contributed by atoms with Crippen LogP contribution in [0.25, 0.3) is 0 Å². The maximum absolute atomic E-state index is 12.6. The number of carbonyl (C=O) groups excluding carboxylic acids is 1. The van der Waals surface area contributed by atoms with Gasteiger partial charge in [0.1, 0.15) is 12.4 Å². The van der Waals surface area contributed by atoms with Crippen LogP contribution in [0.4, 0.5) is 0 Å². The summed E-state index contributed by atoms with van der Waals surface area (Å²) in [6.45, 7) is 5.51. The lowest BCUT2D eigenvalue weighted by Crippen LogP contribution is -2.30. The van der Waals surface area contributed by atoms with Gasteiger partial charge in [-0.15, -0.1) is 0 Å². The van der Waals surface area contributed by atoms with Crippen LogP contribution >= 0.6 is 11.6 Å². The lowest BCUT2D eigenvalue weighted by atomic mass is 10.1. The second-order valence-electron chi connectivity index (χ2n) is 6.92. The molecule has 0 aliphatic rings. The standard InChI is InChI=1S/C22H24ClN3O2/c1-16-10-17(2)12-20(11-16)28-9-8-25(3)22(27)19-13-24-26(15-19)14-18-6-4-5-7-21(18)23/h4-7,10-13,15H,8-9,14H2,1-3H3. The van der Waals surface area contributed by atoms with Gasteiger partial charge in [-0.25, -0.2) is 0 Å². The van der Waals surface area contributed by atoms with E-state index in [1.165, 1.54) is 0 Å². The van der Waals surface area contributed by atoms with Crippen molar-refractivity contribution >= 4 is 17.5 Å². The van der Waals surface area contributed by atoms with Crippen LogP contribution in [-0.2, 0) is 6.54 Å². The zero-order valence-corrected chi connectivity index (χ0v) is 17.1. The molecule has 0 radical (unpaired) electrons. The van der Waals surface area contributed by atoms with Crippen LogP contribution in [-0.4, -0.2) is 40.8 Å². The van der Waals surface area contributed by atoms with Gasteiger partial charge in [0, 0.05) is 18.3 Å². The zero-order chi connectivity index (χ0) is 20.1. The molecular formula is C22H24ClN3O2. The Kier molecular flexibility index (Phi) is 6.37. The molecular weight excluding hydrogens is 374 g/mol. The average molecular weight is 398 g/mol. The summed E-state index contributed by atoms with van der Waals surface area (Å²) in [5.74, 6) is 0.736. The van der Waals surface area contributed by atoms with Crippen molar-refractivity contribution in [1.82, 2.24) is 14.7 Å². The van der Waals surface area contributed by atoms with E-state index in [1.54, 1.807) is 29.0 Å². The summed E-state index contributed by atoms with van der Waals surface area (Å²) in [5, 5.41) is 4.97. The number of amides is 1.